The predicted molar refractivity (Wildman–Crippen MR) is 100 cm³/mol. The third-order valence-corrected chi connectivity index (χ3v) is 5.49. The fourth-order valence-electron chi connectivity index (χ4n) is 2.18. The SMILES string of the molecule is CC(C)[O-].[Cu+].c1ccc(P(c2ccccc2)c2ccccc2)cc1. The van der Waals surface area contributed by atoms with E-state index in [0.717, 1.165) is 0 Å². The Hall–Kier alpha value is -1.43. The fraction of sp³-hybridized carbons (Fsp3) is 0.143. The number of hydrogen-bond acceptors (Lipinski definition) is 1. The van der Waals surface area contributed by atoms with Crippen molar-refractivity contribution in [3.8, 4) is 0 Å². The molecule has 24 heavy (non-hydrogen) atoms. The summed E-state index contributed by atoms with van der Waals surface area (Å²) < 4.78 is 0. The molecule has 3 aromatic carbocycles. The van der Waals surface area contributed by atoms with Crippen molar-refractivity contribution in [2.75, 3.05) is 0 Å². The van der Waals surface area contributed by atoms with E-state index in [1.807, 2.05) is 0 Å². The van der Waals surface area contributed by atoms with Crippen LogP contribution in [0.1, 0.15) is 13.8 Å². The molecular weight excluding hydrogens is 363 g/mol. The van der Waals surface area contributed by atoms with E-state index in [4.69, 9.17) is 0 Å². The van der Waals surface area contributed by atoms with Gasteiger partial charge < -0.3 is 5.11 Å². The number of benzene rings is 3. The predicted octanol–water partition coefficient (Wildman–Crippen LogP) is 3.20. The van der Waals surface area contributed by atoms with E-state index in [1.165, 1.54) is 15.9 Å². The van der Waals surface area contributed by atoms with Crippen LogP contribution in [0.25, 0.3) is 0 Å². The minimum Gasteiger partial charge on any atom is -0.852 e. The molecule has 0 atom stereocenters. The van der Waals surface area contributed by atoms with Crippen molar-refractivity contribution in [3.05, 3.63) is 91.0 Å². The van der Waals surface area contributed by atoms with Gasteiger partial charge in [0, 0.05) is 0 Å². The molecule has 0 unspecified atom stereocenters. The minimum absolute atomic E-state index is 0. The molecule has 0 saturated carbocycles. The first kappa shape index (κ1) is 20.6. The second-order valence-corrected chi connectivity index (χ2v) is 7.61. The molecule has 3 rings (SSSR count). The monoisotopic (exact) mass is 384 g/mol. The van der Waals surface area contributed by atoms with Gasteiger partial charge in [0.1, 0.15) is 0 Å². The Kier molecular flexibility index (Phi) is 9.60. The average Bonchev–Trinajstić information content (AvgIpc) is 2.58. The van der Waals surface area contributed by atoms with Crippen LogP contribution in [0.3, 0.4) is 0 Å². The average molecular weight is 385 g/mol. The molecule has 3 aromatic rings. The van der Waals surface area contributed by atoms with Crippen LogP contribution in [0.5, 0.6) is 0 Å². The summed E-state index contributed by atoms with van der Waals surface area (Å²) in [4.78, 5) is 0. The largest absolute Gasteiger partial charge is 1.00 e. The molecule has 0 aliphatic heterocycles. The van der Waals surface area contributed by atoms with E-state index >= 15 is 0 Å². The molecule has 0 aromatic heterocycles. The topological polar surface area (TPSA) is 23.1 Å². The van der Waals surface area contributed by atoms with Gasteiger partial charge >= 0.3 is 17.1 Å². The molecule has 0 bridgehead atoms. The maximum absolute atomic E-state index is 9.53. The molecule has 0 fully saturated rings. The molecule has 3 heteroatoms. The van der Waals surface area contributed by atoms with Crippen LogP contribution >= 0.6 is 7.92 Å². The van der Waals surface area contributed by atoms with Crippen molar-refractivity contribution in [2.45, 2.75) is 20.0 Å². The van der Waals surface area contributed by atoms with Crippen LogP contribution < -0.4 is 21.0 Å². The summed E-state index contributed by atoms with van der Waals surface area (Å²) in [5.74, 6) is 0. The molecule has 0 aliphatic carbocycles. The summed E-state index contributed by atoms with van der Waals surface area (Å²) in [6.45, 7) is 3.22. The van der Waals surface area contributed by atoms with Crippen LogP contribution in [-0.2, 0) is 17.1 Å². The number of hydrogen-bond donors (Lipinski definition) is 0. The summed E-state index contributed by atoms with van der Waals surface area (Å²) in [6.07, 6.45) is -0.417. The second-order valence-electron chi connectivity index (χ2n) is 5.39. The molecular formula is C21H22CuOP. The van der Waals surface area contributed by atoms with E-state index in [-0.39, 0.29) is 17.1 Å². The van der Waals surface area contributed by atoms with E-state index in [2.05, 4.69) is 91.0 Å². The minimum atomic E-state index is -0.446. The van der Waals surface area contributed by atoms with Gasteiger partial charge in [0.15, 0.2) is 0 Å². The molecule has 0 N–H and O–H groups in total. The molecule has 0 radical (unpaired) electrons. The normalized spacial score (nSPS) is 9.88. The van der Waals surface area contributed by atoms with Crippen LogP contribution in [0, 0.1) is 0 Å². The summed E-state index contributed by atoms with van der Waals surface area (Å²) >= 11 is 0. The zero-order valence-corrected chi connectivity index (χ0v) is 15.7. The maximum atomic E-state index is 9.53. The molecule has 128 valence electrons. The maximum Gasteiger partial charge on any atom is 1.00 e. The first-order valence-electron chi connectivity index (χ1n) is 7.79. The Morgan fingerprint density at radius 3 is 1.00 bits per heavy atom. The van der Waals surface area contributed by atoms with Gasteiger partial charge in [-0.3, -0.25) is 0 Å². The third kappa shape index (κ3) is 6.59. The van der Waals surface area contributed by atoms with Gasteiger partial charge in [0.2, 0.25) is 0 Å². The van der Waals surface area contributed by atoms with Crippen molar-refractivity contribution < 1.29 is 22.2 Å². The van der Waals surface area contributed by atoms with Crippen LogP contribution in [-0.4, -0.2) is 6.10 Å². The van der Waals surface area contributed by atoms with E-state index in [1.54, 1.807) is 13.8 Å². The molecule has 0 heterocycles. The van der Waals surface area contributed by atoms with Crippen molar-refractivity contribution in [2.24, 2.45) is 0 Å². The van der Waals surface area contributed by atoms with E-state index < -0.39 is 14.0 Å². The smallest absolute Gasteiger partial charge is 0.852 e. The summed E-state index contributed by atoms with van der Waals surface area (Å²) in [6, 6.07) is 32.3. The molecule has 0 spiro atoms. The van der Waals surface area contributed by atoms with Gasteiger partial charge in [-0.15, -0.1) is 6.10 Å². The Bertz CT molecular complexity index is 575. The van der Waals surface area contributed by atoms with Crippen molar-refractivity contribution in [1.82, 2.24) is 0 Å². The van der Waals surface area contributed by atoms with Crippen LogP contribution in [0.4, 0.5) is 0 Å². The van der Waals surface area contributed by atoms with Crippen LogP contribution in [0.15, 0.2) is 91.0 Å². The summed E-state index contributed by atoms with van der Waals surface area (Å²) in [5.41, 5.74) is 0. The zero-order chi connectivity index (χ0) is 16.5. The summed E-state index contributed by atoms with van der Waals surface area (Å²) in [7, 11) is -0.446. The third-order valence-electron chi connectivity index (χ3n) is 3.04. The summed E-state index contributed by atoms with van der Waals surface area (Å²) in [5, 5.41) is 13.7. The zero-order valence-electron chi connectivity index (χ0n) is 13.9. The molecule has 0 saturated heterocycles. The van der Waals surface area contributed by atoms with Gasteiger partial charge in [0.05, 0.1) is 0 Å². The van der Waals surface area contributed by atoms with Crippen molar-refractivity contribution in [1.29, 1.82) is 0 Å². The quantitative estimate of drug-likeness (QED) is 0.502. The first-order chi connectivity index (χ1) is 11.2. The molecule has 1 nitrogen and oxygen atoms in total. The standard InChI is InChI=1S/C18H15P.C3H7O.Cu/c1-4-10-16(11-5-1)19(17-12-6-2-7-13-17)18-14-8-3-9-15-18;1-3(2)4;/h1-15H;3H,1-2H3;/q;-1;+1. The number of rotatable bonds is 3. The Labute approximate surface area is 157 Å². The Balaban J connectivity index is 0.000000522. The van der Waals surface area contributed by atoms with Gasteiger partial charge in [-0.25, -0.2) is 0 Å². The van der Waals surface area contributed by atoms with Crippen molar-refractivity contribution in [3.63, 3.8) is 0 Å². The van der Waals surface area contributed by atoms with Gasteiger partial charge in [-0.05, 0) is 23.8 Å². The fourth-order valence-corrected chi connectivity index (χ4v) is 4.48. The first-order valence-corrected chi connectivity index (χ1v) is 9.13. The van der Waals surface area contributed by atoms with Gasteiger partial charge in [-0.1, -0.05) is 105 Å². The van der Waals surface area contributed by atoms with E-state index in [9.17, 15) is 5.11 Å². The second kappa shape index (κ2) is 11.2. The van der Waals surface area contributed by atoms with Crippen molar-refractivity contribution >= 4 is 23.8 Å². The molecule has 0 aliphatic rings. The van der Waals surface area contributed by atoms with Gasteiger partial charge in [-0.2, -0.15) is 0 Å². The Morgan fingerprint density at radius 2 is 0.792 bits per heavy atom. The molecule has 0 amide bonds. The van der Waals surface area contributed by atoms with Crippen LogP contribution in [0.2, 0.25) is 0 Å². The van der Waals surface area contributed by atoms with E-state index in [0.29, 0.717) is 0 Å². The van der Waals surface area contributed by atoms with Gasteiger partial charge in [0.25, 0.3) is 0 Å². The Morgan fingerprint density at radius 1 is 0.583 bits per heavy atom.